The van der Waals surface area contributed by atoms with Crippen LogP contribution in [-0.2, 0) is 6.54 Å². The van der Waals surface area contributed by atoms with E-state index in [1.165, 1.54) is 17.0 Å². The maximum atomic E-state index is 13.9. The largest absolute Gasteiger partial charge is 0.337 e. The molecule has 0 unspecified atom stereocenters. The highest BCUT2D eigenvalue weighted by atomic mass is 19.1. The van der Waals surface area contributed by atoms with Gasteiger partial charge in [0.25, 0.3) is 5.91 Å². The molecule has 0 saturated heterocycles. The van der Waals surface area contributed by atoms with Crippen LogP contribution in [0.4, 0.5) is 4.39 Å². The molecule has 1 heterocycles. The number of nitrogens with zero attached hydrogens (tertiary/aromatic N) is 3. The smallest absolute Gasteiger partial charge is 0.256 e. The number of carbonyl (C=O) groups is 1. The first-order valence-corrected chi connectivity index (χ1v) is 8.51. The van der Waals surface area contributed by atoms with Gasteiger partial charge in [0, 0.05) is 24.8 Å². The van der Waals surface area contributed by atoms with Gasteiger partial charge in [-0.1, -0.05) is 30.3 Å². The summed E-state index contributed by atoms with van der Waals surface area (Å²) in [7, 11) is 1.68. The lowest BCUT2D eigenvalue weighted by molar-refractivity contribution is 0.0780. The highest BCUT2D eigenvalue weighted by Gasteiger charge is 2.20. The Labute approximate surface area is 152 Å². The van der Waals surface area contributed by atoms with Gasteiger partial charge in [0.05, 0.1) is 16.9 Å². The highest BCUT2D eigenvalue weighted by Crippen LogP contribution is 2.22. The molecular formula is C21H22FN3O. The molecule has 0 aliphatic heterocycles. The van der Waals surface area contributed by atoms with Crippen molar-refractivity contribution in [3.8, 4) is 5.69 Å². The zero-order valence-corrected chi connectivity index (χ0v) is 15.5. The molecule has 0 spiro atoms. The fraction of sp³-hybridized carbons (Fsp3) is 0.238. The topological polar surface area (TPSA) is 38.1 Å². The normalized spacial score (nSPS) is 10.8. The molecule has 26 heavy (non-hydrogen) atoms. The van der Waals surface area contributed by atoms with E-state index in [0.717, 1.165) is 28.2 Å². The van der Waals surface area contributed by atoms with Crippen molar-refractivity contribution in [2.75, 3.05) is 7.05 Å². The number of amides is 1. The molecule has 4 nitrogen and oxygen atoms in total. The van der Waals surface area contributed by atoms with E-state index in [1.807, 2.05) is 49.7 Å². The van der Waals surface area contributed by atoms with Crippen molar-refractivity contribution in [3.05, 3.63) is 82.4 Å². The summed E-state index contributed by atoms with van der Waals surface area (Å²) in [6.45, 7) is 6.33. The summed E-state index contributed by atoms with van der Waals surface area (Å²) in [5.41, 5.74) is 5.03. The SMILES string of the molecule is Cc1ccccc1-n1nc(C)c(CN(C)C(=O)c2ccccc2F)c1C. The minimum atomic E-state index is -0.506. The lowest BCUT2D eigenvalue weighted by Gasteiger charge is -2.18. The summed E-state index contributed by atoms with van der Waals surface area (Å²) in [5, 5.41) is 4.65. The Morgan fingerprint density at radius 3 is 2.42 bits per heavy atom. The standard InChI is InChI=1S/C21H22FN3O/c1-14-9-5-8-12-20(14)25-16(3)18(15(2)23-25)13-24(4)21(26)17-10-6-7-11-19(17)22/h5-12H,13H2,1-4H3. The van der Waals surface area contributed by atoms with Crippen molar-refractivity contribution in [2.45, 2.75) is 27.3 Å². The minimum absolute atomic E-state index is 0.0802. The first-order chi connectivity index (χ1) is 12.4. The van der Waals surface area contributed by atoms with E-state index in [2.05, 4.69) is 5.10 Å². The van der Waals surface area contributed by atoms with Gasteiger partial charge >= 0.3 is 0 Å². The van der Waals surface area contributed by atoms with Crippen LogP contribution in [0.15, 0.2) is 48.5 Å². The molecular weight excluding hydrogens is 329 g/mol. The molecule has 0 aliphatic rings. The van der Waals surface area contributed by atoms with Crippen molar-refractivity contribution < 1.29 is 9.18 Å². The Morgan fingerprint density at radius 2 is 1.73 bits per heavy atom. The van der Waals surface area contributed by atoms with Crippen LogP contribution in [0.5, 0.6) is 0 Å². The number of carbonyl (C=O) groups excluding carboxylic acids is 1. The lowest BCUT2D eigenvalue weighted by atomic mass is 10.1. The minimum Gasteiger partial charge on any atom is -0.337 e. The van der Waals surface area contributed by atoms with Gasteiger partial charge in [0.1, 0.15) is 5.82 Å². The number of hydrogen-bond acceptors (Lipinski definition) is 2. The lowest BCUT2D eigenvalue weighted by Crippen LogP contribution is -2.27. The molecule has 5 heteroatoms. The maximum absolute atomic E-state index is 13.9. The summed E-state index contributed by atoms with van der Waals surface area (Å²) in [6, 6.07) is 14.1. The molecule has 2 aromatic carbocycles. The first kappa shape index (κ1) is 17.9. The van der Waals surface area contributed by atoms with Crippen LogP contribution in [-0.4, -0.2) is 27.6 Å². The van der Waals surface area contributed by atoms with E-state index in [1.54, 1.807) is 19.2 Å². The number of rotatable bonds is 4. The molecule has 1 amide bonds. The molecule has 0 N–H and O–H groups in total. The van der Waals surface area contributed by atoms with Gasteiger partial charge in [-0.3, -0.25) is 4.79 Å². The van der Waals surface area contributed by atoms with Crippen LogP contribution in [0, 0.1) is 26.6 Å². The molecule has 0 radical (unpaired) electrons. The fourth-order valence-corrected chi connectivity index (χ4v) is 3.09. The van der Waals surface area contributed by atoms with Gasteiger partial charge in [0.2, 0.25) is 0 Å². The summed E-state index contributed by atoms with van der Waals surface area (Å²) in [6.07, 6.45) is 0. The Balaban J connectivity index is 1.90. The summed E-state index contributed by atoms with van der Waals surface area (Å²) >= 11 is 0. The first-order valence-electron chi connectivity index (χ1n) is 8.51. The number of para-hydroxylation sites is 1. The summed E-state index contributed by atoms with van der Waals surface area (Å²) in [5.74, 6) is -0.848. The van der Waals surface area contributed by atoms with Gasteiger partial charge < -0.3 is 4.90 Å². The Kier molecular flexibility index (Phi) is 4.89. The monoisotopic (exact) mass is 351 g/mol. The van der Waals surface area contributed by atoms with Crippen LogP contribution < -0.4 is 0 Å². The van der Waals surface area contributed by atoms with E-state index >= 15 is 0 Å². The van der Waals surface area contributed by atoms with Crippen LogP contribution in [0.2, 0.25) is 0 Å². The molecule has 0 fully saturated rings. The zero-order valence-electron chi connectivity index (χ0n) is 15.5. The molecule has 0 aliphatic carbocycles. The predicted octanol–water partition coefficient (Wildman–Crippen LogP) is 4.21. The molecule has 3 aromatic rings. The number of halogens is 1. The third-order valence-corrected chi connectivity index (χ3v) is 4.63. The Hall–Kier alpha value is -2.95. The highest BCUT2D eigenvalue weighted by molar-refractivity contribution is 5.94. The maximum Gasteiger partial charge on any atom is 0.256 e. The van der Waals surface area contributed by atoms with Gasteiger partial charge in [-0.15, -0.1) is 0 Å². The van der Waals surface area contributed by atoms with Crippen molar-refractivity contribution in [1.82, 2.24) is 14.7 Å². The average Bonchev–Trinajstić information content (AvgIpc) is 2.90. The third-order valence-electron chi connectivity index (χ3n) is 4.63. The molecule has 0 bridgehead atoms. The van der Waals surface area contributed by atoms with Gasteiger partial charge in [-0.25, -0.2) is 9.07 Å². The Morgan fingerprint density at radius 1 is 1.08 bits per heavy atom. The van der Waals surface area contributed by atoms with E-state index in [0.29, 0.717) is 6.54 Å². The van der Waals surface area contributed by atoms with Gasteiger partial charge in [-0.2, -0.15) is 5.10 Å². The van der Waals surface area contributed by atoms with Crippen LogP contribution >= 0.6 is 0 Å². The van der Waals surface area contributed by atoms with E-state index in [9.17, 15) is 9.18 Å². The molecule has 0 saturated carbocycles. The van der Waals surface area contributed by atoms with Crippen molar-refractivity contribution >= 4 is 5.91 Å². The zero-order chi connectivity index (χ0) is 18.8. The van der Waals surface area contributed by atoms with Gasteiger partial charge in [-0.05, 0) is 44.5 Å². The average molecular weight is 351 g/mol. The molecule has 1 aromatic heterocycles. The van der Waals surface area contributed by atoms with Crippen LogP contribution in [0.25, 0.3) is 5.69 Å². The second-order valence-corrected chi connectivity index (χ2v) is 6.49. The van der Waals surface area contributed by atoms with Crippen molar-refractivity contribution in [2.24, 2.45) is 0 Å². The number of aromatic nitrogens is 2. The van der Waals surface area contributed by atoms with Crippen molar-refractivity contribution in [3.63, 3.8) is 0 Å². The predicted molar refractivity (Wildman–Crippen MR) is 100.0 cm³/mol. The number of benzene rings is 2. The molecule has 134 valence electrons. The van der Waals surface area contributed by atoms with Gasteiger partial charge in [0.15, 0.2) is 0 Å². The second-order valence-electron chi connectivity index (χ2n) is 6.49. The Bertz CT molecular complexity index is 962. The number of hydrogen-bond donors (Lipinski definition) is 0. The molecule has 3 rings (SSSR count). The summed E-state index contributed by atoms with van der Waals surface area (Å²) < 4.78 is 15.8. The van der Waals surface area contributed by atoms with Crippen LogP contribution in [0.3, 0.4) is 0 Å². The van der Waals surface area contributed by atoms with Crippen LogP contribution in [0.1, 0.15) is 32.9 Å². The second kappa shape index (κ2) is 7.12. The van der Waals surface area contributed by atoms with E-state index < -0.39 is 5.82 Å². The van der Waals surface area contributed by atoms with E-state index in [-0.39, 0.29) is 11.5 Å². The summed E-state index contributed by atoms with van der Waals surface area (Å²) in [4.78, 5) is 14.1. The van der Waals surface area contributed by atoms with E-state index in [4.69, 9.17) is 0 Å². The quantitative estimate of drug-likeness (QED) is 0.706. The number of aryl methyl sites for hydroxylation is 2. The van der Waals surface area contributed by atoms with Crippen molar-refractivity contribution in [1.29, 1.82) is 0 Å². The molecule has 0 atom stereocenters. The fourth-order valence-electron chi connectivity index (χ4n) is 3.09. The third kappa shape index (κ3) is 3.25.